The third-order valence-electron chi connectivity index (χ3n) is 14.5. The normalized spacial score (nSPS) is 44.9. The summed E-state index contributed by atoms with van der Waals surface area (Å²) in [5.74, 6) is 2.42. The van der Waals surface area contributed by atoms with E-state index < -0.39 is 5.41 Å². The van der Waals surface area contributed by atoms with Crippen molar-refractivity contribution in [2.75, 3.05) is 7.11 Å². The standard InChI is InChI=1S/C38H51ClO3/c1-23(2)27-15-18-38(33(41)42-8)20-19-36(6)28(31(27)38)13-14-30-35(5)22-25(21-24-9-11-26(39)12-10-24)32(40)34(3,4)29(35)16-17-37(30,36)7/h9-12,21,27-31H,1,13-20,22H2,2-8H3. The van der Waals surface area contributed by atoms with Crippen molar-refractivity contribution in [1.29, 1.82) is 0 Å². The zero-order valence-corrected chi connectivity index (χ0v) is 27.7. The Labute approximate surface area is 258 Å². The van der Waals surface area contributed by atoms with Crippen molar-refractivity contribution in [2.24, 2.45) is 56.7 Å². The molecule has 0 spiro atoms. The first kappa shape index (κ1) is 30.2. The van der Waals surface area contributed by atoms with Gasteiger partial charge in [0.25, 0.3) is 0 Å². The number of carbonyl (C=O) groups is 2. The number of allylic oxidation sites excluding steroid dienone is 2. The molecule has 5 fully saturated rings. The number of hydrogen-bond donors (Lipinski definition) is 0. The van der Waals surface area contributed by atoms with Crippen LogP contribution >= 0.6 is 11.6 Å². The first-order valence-electron chi connectivity index (χ1n) is 16.4. The van der Waals surface area contributed by atoms with E-state index in [4.69, 9.17) is 16.3 Å². The van der Waals surface area contributed by atoms with E-state index >= 15 is 0 Å². The first-order chi connectivity index (χ1) is 19.7. The summed E-state index contributed by atoms with van der Waals surface area (Å²) in [4.78, 5) is 27.6. The molecule has 0 radical (unpaired) electrons. The van der Waals surface area contributed by atoms with E-state index in [0.29, 0.717) is 40.4 Å². The van der Waals surface area contributed by atoms with Gasteiger partial charge in [-0.1, -0.05) is 70.5 Å². The topological polar surface area (TPSA) is 43.4 Å². The SMILES string of the molecule is C=C(C)C1CCC2(C(=O)OC)CCC3(C)C(CCC4C5(C)CC(=Cc6ccc(Cl)cc6)C(=O)C(C)(C)C5CCC43C)C12. The molecule has 9 unspecified atom stereocenters. The molecule has 0 heterocycles. The average Bonchev–Trinajstić information content (AvgIpc) is 3.34. The molecule has 0 aromatic heterocycles. The van der Waals surface area contributed by atoms with Crippen molar-refractivity contribution in [3.05, 3.63) is 52.6 Å². The van der Waals surface area contributed by atoms with Crippen molar-refractivity contribution in [3.63, 3.8) is 0 Å². The Morgan fingerprint density at radius 1 is 0.929 bits per heavy atom. The summed E-state index contributed by atoms with van der Waals surface area (Å²) in [6, 6.07) is 7.87. The molecule has 4 heteroatoms. The Bertz CT molecular complexity index is 1340. The van der Waals surface area contributed by atoms with Crippen LogP contribution in [0.5, 0.6) is 0 Å². The summed E-state index contributed by atoms with van der Waals surface area (Å²) in [6.45, 7) is 18.8. The molecule has 3 nitrogen and oxygen atoms in total. The Morgan fingerprint density at radius 2 is 1.62 bits per heavy atom. The second-order valence-corrected chi connectivity index (χ2v) is 16.7. The molecule has 1 aromatic carbocycles. The number of ketones is 1. The lowest BCUT2D eigenvalue weighted by molar-refractivity contribution is -0.232. The highest BCUT2D eigenvalue weighted by atomic mass is 35.5. The van der Waals surface area contributed by atoms with E-state index in [0.717, 1.165) is 62.5 Å². The Balaban J connectivity index is 1.41. The minimum Gasteiger partial charge on any atom is -0.469 e. The molecule has 228 valence electrons. The predicted molar refractivity (Wildman–Crippen MR) is 171 cm³/mol. The molecular weight excluding hydrogens is 540 g/mol. The summed E-state index contributed by atoms with van der Waals surface area (Å²) in [6.07, 6.45) is 11.5. The number of halogens is 1. The van der Waals surface area contributed by atoms with E-state index in [2.05, 4.69) is 54.2 Å². The van der Waals surface area contributed by atoms with Gasteiger partial charge in [0.2, 0.25) is 0 Å². The minimum atomic E-state index is -0.395. The number of esters is 1. The summed E-state index contributed by atoms with van der Waals surface area (Å²) < 4.78 is 5.54. The van der Waals surface area contributed by atoms with Gasteiger partial charge in [0, 0.05) is 10.4 Å². The molecule has 42 heavy (non-hydrogen) atoms. The van der Waals surface area contributed by atoms with E-state index in [9.17, 15) is 9.59 Å². The van der Waals surface area contributed by atoms with Crippen molar-refractivity contribution < 1.29 is 14.3 Å². The van der Waals surface area contributed by atoms with Crippen molar-refractivity contribution in [1.82, 2.24) is 0 Å². The van der Waals surface area contributed by atoms with Gasteiger partial charge in [-0.15, -0.1) is 0 Å². The summed E-state index contributed by atoms with van der Waals surface area (Å²) in [5, 5.41) is 0.715. The number of Topliss-reactive ketones (excluding diaryl/α,β-unsaturated/α-hetero) is 1. The second kappa shape index (κ2) is 9.82. The molecule has 5 aliphatic rings. The number of rotatable bonds is 3. The van der Waals surface area contributed by atoms with Crippen LogP contribution < -0.4 is 0 Å². The lowest BCUT2D eigenvalue weighted by Gasteiger charge is -2.72. The minimum absolute atomic E-state index is 0.0192. The molecule has 5 saturated carbocycles. The highest BCUT2D eigenvalue weighted by Gasteiger charge is 2.72. The van der Waals surface area contributed by atoms with Crippen LogP contribution in [0.2, 0.25) is 5.02 Å². The third kappa shape index (κ3) is 3.90. The van der Waals surface area contributed by atoms with Crippen LogP contribution in [0.3, 0.4) is 0 Å². The van der Waals surface area contributed by atoms with Gasteiger partial charge in [0.1, 0.15) is 0 Å². The zero-order valence-electron chi connectivity index (χ0n) is 26.9. The van der Waals surface area contributed by atoms with E-state index in [1.807, 2.05) is 24.3 Å². The molecule has 0 amide bonds. The number of ether oxygens (including phenoxy) is 1. The number of carbonyl (C=O) groups excluding carboxylic acids is 2. The average molecular weight is 591 g/mol. The van der Waals surface area contributed by atoms with E-state index in [1.54, 1.807) is 7.11 Å². The smallest absolute Gasteiger partial charge is 0.312 e. The monoisotopic (exact) mass is 590 g/mol. The third-order valence-corrected chi connectivity index (χ3v) is 14.7. The van der Waals surface area contributed by atoms with Crippen LogP contribution in [0.4, 0.5) is 0 Å². The lowest BCUT2D eigenvalue weighted by Crippen LogP contribution is -2.67. The van der Waals surface area contributed by atoms with Gasteiger partial charge < -0.3 is 4.74 Å². The highest BCUT2D eigenvalue weighted by Crippen LogP contribution is 2.77. The molecule has 0 aliphatic heterocycles. The Kier molecular flexibility index (Phi) is 7.05. The number of methoxy groups -OCH3 is 1. The Morgan fingerprint density at radius 3 is 2.26 bits per heavy atom. The van der Waals surface area contributed by atoms with Gasteiger partial charge in [-0.25, -0.2) is 0 Å². The van der Waals surface area contributed by atoms with Crippen LogP contribution in [-0.4, -0.2) is 18.9 Å². The molecule has 1 aromatic rings. The van der Waals surface area contributed by atoms with Gasteiger partial charge in [-0.3, -0.25) is 9.59 Å². The highest BCUT2D eigenvalue weighted by molar-refractivity contribution is 6.30. The van der Waals surface area contributed by atoms with Crippen LogP contribution in [0.1, 0.15) is 105 Å². The second-order valence-electron chi connectivity index (χ2n) is 16.3. The molecule has 0 N–H and O–H groups in total. The predicted octanol–water partition coefficient (Wildman–Crippen LogP) is 9.73. The van der Waals surface area contributed by atoms with Crippen molar-refractivity contribution in [2.45, 2.75) is 99.3 Å². The fourth-order valence-corrected chi connectivity index (χ4v) is 12.6. The maximum absolute atomic E-state index is 14.1. The lowest BCUT2D eigenvalue weighted by atomic mass is 9.32. The van der Waals surface area contributed by atoms with E-state index in [-0.39, 0.29) is 27.6 Å². The molecule has 9 atom stereocenters. The van der Waals surface area contributed by atoms with Gasteiger partial charge in [-0.2, -0.15) is 0 Å². The van der Waals surface area contributed by atoms with Crippen molar-refractivity contribution in [3.8, 4) is 0 Å². The number of benzene rings is 1. The summed E-state index contributed by atoms with van der Waals surface area (Å²) >= 11 is 6.18. The molecule has 5 aliphatic carbocycles. The van der Waals surface area contributed by atoms with Gasteiger partial charge in [0.05, 0.1) is 12.5 Å². The molecule has 6 rings (SSSR count). The maximum atomic E-state index is 14.1. The van der Waals surface area contributed by atoms with Gasteiger partial charge >= 0.3 is 5.97 Å². The fourth-order valence-electron chi connectivity index (χ4n) is 12.4. The van der Waals surface area contributed by atoms with Crippen LogP contribution in [0.25, 0.3) is 6.08 Å². The van der Waals surface area contributed by atoms with Crippen LogP contribution in [-0.2, 0) is 14.3 Å². The number of fused-ring (bicyclic) bond motifs is 7. The quantitative estimate of drug-likeness (QED) is 0.200. The molecule has 0 bridgehead atoms. The van der Waals surface area contributed by atoms with Gasteiger partial charge in [-0.05, 0) is 140 Å². The van der Waals surface area contributed by atoms with Crippen LogP contribution in [0, 0.1) is 56.7 Å². The molecular formula is C38H51ClO3. The Hall–Kier alpha value is -1.87. The first-order valence-corrected chi connectivity index (χ1v) is 16.8. The van der Waals surface area contributed by atoms with Gasteiger partial charge in [0.15, 0.2) is 5.78 Å². The summed E-state index contributed by atoms with van der Waals surface area (Å²) in [7, 11) is 1.58. The maximum Gasteiger partial charge on any atom is 0.312 e. The zero-order chi connectivity index (χ0) is 30.5. The van der Waals surface area contributed by atoms with Crippen molar-refractivity contribution >= 4 is 29.4 Å². The van der Waals surface area contributed by atoms with E-state index in [1.165, 1.54) is 12.0 Å². The fraction of sp³-hybridized carbons (Fsp3) is 0.684. The van der Waals surface area contributed by atoms with Crippen LogP contribution in [0.15, 0.2) is 42.0 Å². The largest absolute Gasteiger partial charge is 0.469 e. The summed E-state index contributed by atoms with van der Waals surface area (Å²) in [5.41, 5.74) is 2.83. The number of hydrogen-bond acceptors (Lipinski definition) is 3. The molecule has 0 saturated heterocycles.